The molecule has 1 aliphatic heterocycles. The molecule has 0 aromatic rings. The van der Waals surface area contributed by atoms with Gasteiger partial charge in [0.15, 0.2) is 0 Å². The zero-order valence-electron chi connectivity index (χ0n) is 9.90. The normalized spacial score (nSPS) is 21.4. The molecule has 17 heavy (non-hydrogen) atoms. The summed E-state index contributed by atoms with van der Waals surface area (Å²) in [6.07, 6.45) is 0.655. The molecule has 2 atom stereocenters. The maximum atomic E-state index is 11.5. The summed E-state index contributed by atoms with van der Waals surface area (Å²) >= 11 is 0. The van der Waals surface area contributed by atoms with Crippen LogP contribution in [0.25, 0.3) is 0 Å². The summed E-state index contributed by atoms with van der Waals surface area (Å²) in [7, 11) is 1.70. The van der Waals surface area contributed by atoms with E-state index in [1.165, 1.54) is 6.92 Å². The number of carbonyl (C=O) groups is 3. The second-order valence-corrected chi connectivity index (χ2v) is 4.10. The van der Waals surface area contributed by atoms with Crippen LogP contribution in [0.15, 0.2) is 0 Å². The molecule has 0 saturated carbocycles. The number of carbonyl (C=O) groups excluding carboxylic acids is 2. The summed E-state index contributed by atoms with van der Waals surface area (Å²) in [6.45, 7) is 1.96. The van der Waals surface area contributed by atoms with Gasteiger partial charge >= 0.3 is 5.97 Å². The number of carboxylic acid groups (broad SMARTS) is 1. The number of hydrogen-bond acceptors (Lipinski definition) is 4. The molecule has 7 heteroatoms. The van der Waals surface area contributed by atoms with Crippen LogP contribution in [0, 0.1) is 0 Å². The van der Waals surface area contributed by atoms with Crippen LogP contribution in [0.3, 0.4) is 0 Å². The van der Waals surface area contributed by atoms with Crippen molar-refractivity contribution in [3.8, 4) is 0 Å². The van der Waals surface area contributed by atoms with Crippen molar-refractivity contribution in [1.82, 2.24) is 15.5 Å². The SMILES string of the molecule is CC(=O)NC(CNC1CCN(C)C1=O)C(=O)O. The molecule has 7 nitrogen and oxygen atoms in total. The molecule has 0 aliphatic carbocycles. The maximum absolute atomic E-state index is 11.5. The van der Waals surface area contributed by atoms with Crippen LogP contribution in [-0.2, 0) is 14.4 Å². The number of likely N-dealkylation sites (N-methyl/N-ethyl adjacent to an activating group) is 1. The highest BCUT2D eigenvalue weighted by Gasteiger charge is 2.30. The van der Waals surface area contributed by atoms with E-state index in [0.717, 1.165) is 0 Å². The molecule has 0 aromatic heterocycles. The highest BCUT2D eigenvalue weighted by Crippen LogP contribution is 2.08. The summed E-state index contributed by atoms with van der Waals surface area (Å²) in [5.74, 6) is -1.57. The molecule has 1 fully saturated rings. The molecule has 96 valence electrons. The molecular formula is C10H17N3O4. The van der Waals surface area contributed by atoms with E-state index in [4.69, 9.17) is 5.11 Å². The predicted octanol–water partition coefficient (Wildman–Crippen LogP) is -1.60. The summed E-state index contributed by atoms with van der Waals surface area (Å²) in [5, 5.41) is 14.0. The van der Waals surface area contributed by atoms with Crippen molar-refractivity contribution in [3.05, 3.63) is 0 Å². The number of amides is 2. The molecular weight excluding hydrogens is 226 g/mol. The van der Waals surface area contributed by atoms with Gasteiger partial charge in [0.05, 0.1) is 6.04 Å². The predicted molar refractivity (Wildman–Crippen MR) is 59.3 cm³/mol. The minimum absolute atomic E-state index is 0.0408. The average molecular weight is 243 g/mol. The van der Waals surface area contributed by atoms with E-state index in [1.54, 1.807) is 11.9 Å². The van der Waals surface area contributed by atoms with Crippen molar-refractivity contribution in [2.75, 3.05) is 20.1 Å². The zero-order valence-corrected chi connectivity index (χ0v) is 9.90. The van der Waals surface area contributed by atoms with E-state index >= 15 is 0 Å². The van der Waals surface area contributed by atoms with Crippen LogP contribution in [0.5, 0.6) is 0 Å². The van der Waals surface area contributed by atoms with E-state index in [-0.39, 0.29) is 18.5 Å². The fourth-order valence-corrected chi connectivity index (χ4v) is 1.72. The van der Waals surface area contributed by atoms with Gasteiger partial charge in [-0.1, -0.05) is 0 Å². The van der Waals surface area contributed by atoms with Crippen molar-refractivity contribution in [2.45, 2.75) is 25.4 Å². The Kier molecular flexibility index (Phi) is 4.45. The Balaban J connectivity index is 2.44. The number of carboxylic acids is 1. The smallest absolute Gasteiger partial charge is 0.327 e. The monoisotopic (exact) mass is 243 g/mol. The lowest BCUT2D eigenvalue weighted by molar-refractivity contribution is -0.141. The fourth-order valence-electron chi connectivity index (χ4n) is 1.72. The third kappa shape index (κ3) is 3.70. The quantitative estimate of drug-likeness (QED) is 0.540. The number of rotatable bonds is 5. The summed E-state index contributed by atoms with van der Waals surface area (Å²) in [4.78, 5) is 34.8. The lowest BCUT2D eigenvalue weighted by Gasteiger charge is -2.17. The van der Waals surface area contributed by atoms with Crippen LogP contribution in [0.4, 0.5) is 0 Å². The van der Waals surface area contributed by atoms with Crippen LogP contribution < -0.4 is 10.6 Å². The van der Waals surface area contributed by atoms with Crippen molar-refractivity contribution in [3.63, 3.8) is 0 Å². The standard InChI is InChI=1S/C10H17N3O4/c1-6(14)12-8(10(16)17)5-11-7-3-4-13(2)9(7)15/h7-8,11H,3-5H2,1-2H3,(H,12,14)(H,16,17). The molecule has 1 rings (SSSR count). The molecule has 0 bridgehead atoms. The Morgan fingerprint density at radius 2 is 2.24 bits per heavy atom. The Labute approximate surface area is 99.2 Å². The maximum Gasteiger partial charge on any atom is 0.327 e. The Morgan fingerprint density at radius 3 is 2.65 bits per heavy atom. The molecule has 1 saturated heterocycles. The van der Waals surface area contributed by atoms with Crippen molar-refractivity contribution in [1.29, 1.82) is 0 Å². The van der Waals surface area contributed by atoms with Gasteiger partial charge in [-0.15, -0.1) is 0 Å². The first-order valence-electron chi connectivity index (χ1n) is 5.40. The number of nitrogens with one attached hydrogen (secondary N) is 2. The number of hydrogen-bond donors (Lipinski definition) is 3. The molecule has 2 unspecified atom stereocenters. The second kappa shape index (κ2) is 5.62. The topological polar surface area (TPSA) is 98.7 Å². The molecule has 0 radical (unpaired) electrons. The Bertz CT molecular complexity index is 332. The zero-order chi connectivity index (χ0) is 13.0. The minimum Gasteiger partial charge on any atom is -0.480 e. The second-order valence-electron chi connectivity index (χ2n) is 4.10. The first kappa shape index (κ1) is 13.4. The first-order valence-corrected chi connectivity index (χ1v) is 5.40. The Morgan fingerprint density at radius 1 is 1.59 bits per heavy atom. The Hall–Kier alpha value is -1.63. The molecule has 1 heterocycles. The minimum atomic E-state index is -1.12. The third-order valence-electron chi connectivity index (χ3n) is 2.67. The van der Waals surface area contributed by atoms with Gasteiger partial charge in [0.1, 0.15) is 6.04 Å². The van der Waals surface area contributed by atoms with Crippen LogP contribution in [-0.4, -0.2) is 60.0 Å². The third-order valence-corrected chi connectivity index (χ3v) is 2.67. The molecule has 2 amide bonds. The van der Waals surface area contributed by atoms with Gasteiger partial charge in [-0.25, -0.2) is 4.79 Å². The van der Waals surface area contributed by atoms with Gasteiger partial charge < -0.3 is 20.6 Å². The van der Waals surface area contributed by atoms with Gasteiger partial charge in [-0.3, -0.25) is 9.59 Å². The van der Waals surface area contributed by atoms with Crippen LogP contribution in [0.2, 0.25) is 0 Å². The van der Waals surface area contributed by atoms with Crippen molar-refractivity contribution < 1.29 is 19.5 Å². The molecule has 0 spiro atoms. The van der Waals surface area contributed by atoms with Gasteiger partial charge in [0, 0.05) is 27.1 Å². The number of likely N-dealkylation sites (tertiary alicyclic amines) is 1. The van der Waals surface area contributed by atoms with E-state index in [9.17, 15) is 14.4 Å². The molecule has 1 aliphatic rings. The van der Waals surface area contributed by atoms with E-state index in [0.29, 0.717) is 13.0 Å². The van der Waals surface area contributed by atoms with Crippen molar-refractivity contribution >= 4 is 17.8 Å². The average Bonchev–Trinajstić information content (AvgIpc) is 2.54. The van der Waals surface area contributed by atoms with Gasteiger partial charge in [0.25, 0.3) is 0 Å². The lowest BCUT2D eigenvalue weighted by atomic mass is 10.2. The van der Waals surface area contributed by atoms with E-state index in [2.05, 4.69) is 10.6 Å². The largest absolute Gasteiger partial charge is 0.480 e. The van der Waals surface area contributed by atoms with Gasteiger partial charge in [-0.2, -0.15) is 0 Å². The van der Waals surface area contributed by atoms with E-state index in [1.807, 2.05) is 0 Å². The van der Waals surface area contributed by atoms with Crippen LogP contribution >= 0.6 is 0 Å². The fraction of sp³-hybridized carbons (Fsp3) is 0.700. The number of nitrogens with zero attached hydrogens (tertiary/aromatic N) is 1. The summed E-state index contributed by atoms with van der Waals surface area (Å²) in [6, 6.07) is -1.36. The number of aliphatic carboxylic acids is 1. The highest BCUT2D eigenvalue weighted by atomic mass is 16.4. The van der Waals surface area contributed by atoms with E-state index < -0.39 is 17.9 Å². The van der Waals surface area contributed by atoms with Gasteiger partial charge in [-0.05, 0) is 6.42 Å². The lowest BCUT2D eigenvalue weighted by Crippen LogP contribution is -2.50. The van der Waals surface area contributed by atoms with Crippen LogP contribution in [0.1, 0.15) is 13.3 Å². The van der Waals surface area contributed by atoms with Gasteiger partial charge in [0.2, 0.25) is 11.8 Å². The highest BCUT2D eigenvalue weighted by molar-refractivity contribution is 5.84. The summed E-state index contributed by atoms with van der Waals surface area (Å²) < 4.78 is 0. The summed E-state index contributed by atoms with van der Waals surface area (Å²) in [5.41, 5.74) is 0. The molecule has 0 aromatic carbocycles. The first-order chi connectivity index (χ1) is 7.91. The van der Waals surface area contributed by atoms with Crippen molar-refractivity contribution in [2.24, 2.45) is 0 Å². The molecule has 3 N–H and O–H groups in total.